The summed E-state index contributed by atoms with van der Waals surface area (Å²) in [6, 6.07) is 10.5. The van der Waals surface area contributed by atoms with E-state index in [0.29, 0.717) is 25.3 Å². The number of fused-ring (bicyclic) bond motifs is 1. The predicted octanol–water partition coefficient (Wildman–Crippen LogP) is 2.07. The third-order valence-corrected chi connectivity index (χ3v) is 5.13. The minimum absolute atomic E-state index is 0.0102. The van der Waals surface area contributed by atoms with Gasteiger partial charge < -0.3 is 14.6 Å². The molecule has 0 aliphatic carbocycles. The van der Waals surface area contributed by atoms with E-state index < -0.39 is 12.1 Å². The van der Waals surface area contributed by atoms with E-state index in [0.717, 1.165) is 11.3 Å². The van der Waals surface area contributed by atoms with Crippen molar-refractivity contribution in [1.29, 1.82) is 0 Å². The van der Waals surface area contributed by atoms with Gasteiger partial charge in [-0.05, 0) is 36.1 Å². The number of benzene rings is 1. The van der Waals surface area contributed by atoms with Crippen LogP contribution >= 0.6 is 0 Å². The first-order valence-electron chi connectivity index (χ1n) is 9.10. The van der Waals surface area contributed by atoms with Crippen LogP contribution in [0.4, 0.5) is 4.79 Å². The van der Waals surface area contributed by atoms with Gasteiger partial charge in [-0.1, -0.05) is 24.3 Å². The number of furan rings is 1. The highest BCUT2D eigenvalue weighted by atomic mass is 16.3. The van der Waals surface area contributed by atoms with E-state index in [1.165, 1.54) is 17.4 Å². The number of amides is 4. The number of imide groups is 1. The monoisotopic (exact) mass is 367 g/mol. The molecule has 0 saturated carbocycles. The second-order valence-electron chi connectivity index (χ2n) is 6.88. The van der Waals surface area contributed by atoms with E-state index in [-0.39, 0.29) is 24.8 Å². The van der Waals surface area contributed by atoms with E-state index in [1.807, 2.05) is 23.1 Å². The maximum Gasteiger partial charge on any atom is 0.325 e. The highest BCUT2D eigenvalue weighted by molar-refractivity contribution is 6.04. The second kappa shape index (κ2) is 7.26. The number of carbonyl (C=O) groups excluding carboxylic acids is 3. The fourth-order valence-electron chi connectivity index (χ4n) is 3.62. The summed E-state index contributed by atoms with van der Waals surface area (Å²) in [7, 11) is 0. The first kappa shape index (κ1) is 17.3. The topological polar surface area (TPSA) is 82.9 Å². The summed E-state index contributed by atoms with van der Waals surface area (Å²) in [5.41, 5.74) is 2.46. The maximum absolute atomic E-state index is 12.6. The number of nitrogens with one attached hydrogen (secondary N) is 1. The number of urea groups is 1. The number of carbonyl (C=O) groups is 3. The van der Waals surface area contributed by atoms with E-state index >= 15 is 0 Å². The zero-order valence-electron chi connectivity index (χ0n) is 14.9. The van der Waals surface area contributed by atoms with Gasteiger partial charge in [0.25, 0.3) is 5.91 Å². The van der Waals surface area contributed by atoms with E-state index in [2.05, 4.69) is 11.4 Å². The lowest BCUT2D eigenvalue weighted by atomic mass is 9.99. The Morgan fingerprint density at radius 3 is 2.74 bits per heavy atom. The average Bonchev–Trinajstić information content (AvgIpc) is 3.29. The molecule has 7 nitrogen and oxygen atoms in total. The molecular weight excluding hydrogens is 346 g/mol. The predicted molar refractivity (Wildman–Crippen MR) is 96.4 cm³/mol. The number of rotatable bonds is 5. The van der Waals surface area contributed by atoms with Crippen LogP contribution < -0.4 is 5.32 Å². The fourth-order valence-corrected chi connectivity index (χ4v) is 3.62. The zero-order chi connectivity index (χ0) is 18.8. The Kier molecular flexibility index (Phi) is 4.66. The van der Waals surface area contributed by atoms with Crippen molar-refractivity contribution in [3.63, 3.8) is 0 Å². The molecule has 7 heteroatoms. The molecule has 140 valence electrons. The Labute approximate surface area is 156 Å². The Morgan fingerprint density at radius 2 is 1.96 bits per heavy atom. The van der Waals surface area contributed by atoms with Gasteiger partial charge in [0.15, 0.2) is 0 Å². The van der Waals surface area contributed by atoms with Crippen LogP contribution in [0.15, 0.2) is 47.1 Å². The molecule has 0 bridgehead atoms. The lowest BCUT2D eigenvalue weighted by Gasteiger charge is -2.29. The molecule has 1 saturated heterocycles. The molecule has 0 radical (unpaired) electrons. The minimum atomic E-state index is -0.659. The standard InChI is InChI=1S/C20H21N3O4/c24-18(22-10-9-14-4-1-2-5-15(14)12-22)8-7-17-19(25)23(20(26)21-17)13-16-6-3-11-27-16/h1-6,11,17H,7-10,12-13H2,(H,21,26)/t17-/m0/s1. The molecule has 1 N–H and O–H groups in total. The summed E-state index contributed by atoms with van der Waals surface area (Å²) in [6.45, 7) is 1.39. The molecule has 3 heterocycles. The first-order chi connectivity index (χ1) is 13.1. The van der Waals surface area contributed by atoms with Crippen molar-refractivity contribution in [2.24, 2.45) is 0 Å². The van der Waals surface area contributed by atoms with Gasteiger partial charge >= 0.3 is 6.03 Å². The molecule has 1 aromatic heterocycles. The number of hydrogen-bond donors (Lipinski definition) is 1. The van der Waals surface area contributed by atoms with Crippen molar-refractivity contribution in [3.05, 3.63) is 59.5 Å². The van der Waals surface area contributed by atoms with Crippen molar-refractivity contribution >= 4 is 17.8 Å². The van der Waals surface area contributed by atoms with E-state index in [1.54, 1.807) is 12.1 Å². The van der Waals surface area contributed by atoms with Crippen LogP contribution in [0, 0.1) is 0 Å². The molecule has 4 rings (SSSR count). The Bertz CT molecular complexity index is 862. The quantitative estimate of drug-likeness (QED) is 0.820. The van der Waals surface area contributed by atoms with Crippen molar-refractivity contribution in [2.45, 2.75) is 38.4 Å². The molecule has 2 aliphatic heterocycles. The van der Waals surface area contributed by atoms with Gasteiger partial charge in [0.1, 0.15) is 11.8 Å². The Morgan fingerprint density at radius 1 is 1.15 bits per heavy atom. The lowest BCUT2D eigenvalue weighted by molar-refractivity contribution is -0.132. The Hall–Kier alpha value is -3.09. The van der Waals surface area contributed by atoms with Gasteiger partial charge in [-0.3, -0.25) is 14.5 Å². The van der Waals surface area contributed by atoms with E-state index in [9.17, 15) is 14.4 Å². The third kappa shape index (κ3) is 3.58. The zero-order valence-corrected chi connectivity index (χ0v) is 14.9. The average molecular weight is 367 g/mol. The number of hydrogen-bond acceptors (Lipinski definition) is 4. The molecule has 0 unspecified atom stereocenters. The fraction of sp³-hybridized carbons (Fsp3) is 0.350. The van der Waals surface area contributed by atoms with Gasteiger partial charge in [-0.15, -0.1) is 0 Å². The SMILES string of the molecule is O=C(CC[C@@H]1NC(=O)N(Cc2ccco2)C1=O)N1CCc2ccccc2C1. The molecular formula is C20H21N3O4. The van der Waals surface area contributed by atoms with Gasteiger partial charge in [0, 0.05) is 19.5 Å². The largest absolute Gasteiger partial charge is 0.467 e. The normalized spacial score (nSPS) is 19.2. The van der Waals surface area contributed by atoms with Crippen LogP contribution in [-0.4, -0.2) is 40.2 Å². The maximum atomic E-state index is 12.6. The van der Waals surface area contributed by atoms with Crippen LogP contribution in [0.5, 0.6) is 0 Å². The van der Waals surface area contributed by atoms with Gasteiger partial charge in [0.2, 0.25) is 5.91 Å². The van der Waals surface area contributed by atoms with Gasteiger partial charge in [0.05, 0.1) is 12.8 Å². The summed E-state index contributed by atoms with van der Waals surface area (Å²) in [5.74, 6) is 0.242. The van der Waals surface area contributed by atoms with Crippen molar-refractivity contribution < 1.29 is 18.8 Å². The summed E-state index contributed by atoms with van der Waals surface area (Å²) >= 11 is 0. The highest BCUT2D eigenvalue weighted by Gasteiger charge is 2.38. The van der Waals surface area contributed by atoms with Crippen molar-refractivity contribution in [2.75, 3.05) is 6.54 Å². The van der Waals surface area contributed by atoms with Crippen LogP contribution in [-0.2, 0) is 29.1 Å². The molecule has 27 heavy (non-hydrogen) atoms. The molecule has 1 aromatic carbocycles. The summed E-state index contributed by atoms with van der Waals surface area (Å²) < 4.78 is 5.20. The summed E-state index contributed by atoms with van der Waals surface area (Å²) in [4.78, 5) is 40.1. The minimum Gasteiger partial charge on any atom is -0.467 e. The van der Waals surface area contributed by atoms with Crippen molar-refractivity contribution in [1.82, 2.24) is 15.1 Å². The molecule has 2 aliphatic rings. The van der Waals surface area contributed by atoms with Crippen LogP contribution in [0.1, 0.15) is 29.7 Å². The first-order valence-corrected chi connectivity index (χ1v) is 9.10. The van der Waals surface area contributed by atoms with E-state index in [4.69, 9.17) is 4.42 Å². The second-order valence-corrected chi connectivity index (χ2v) is 6.88. The van der Waals surface area contributed by atoms with Crippen molar-refractivity contribution in [3.8, 4) is 0 Å². The summed E-state index contributed by atoms with van der Waals surface area (Å²) in [5, 5.41) is 2.67. The lowest BCUT2D eigenvalue weighted by Crippen LogP contribution is -2.37. The molecule has 1 fully saturated rings. The van der Waals surface area contributed by atoms with Crippen LogP contribution in [0.3, 0.4) is 0 Å². The molecule has 0 spiro atoms. The molecule has 2 aromatic rings. The highest BCUT2D eigenvalue weighted by Crippen LogP contribution is 2.20. The molecule has 1 atom stereocenters. The smallest absolute Gasteiger partial charge is 0.325 e. The van der Waals surface area contributed by atoms with Gasteiger partial charge in [-0.25, -0.2) is 4.79 Å². The van der Waals surface area contributed by atoms with Crippen LogP contribution in [0.25, 0.3) is 0 Å². The van der Waals surface area contributed by atoms with Gasteiger partial charge in [-0.2, -0.15) is 0 Å². The van der Waals surface area contributed by atoms with Crippen LogP contribution in [0.2, 0.25) is 0 Å². The third-order valence-electron chi connectivity index (χ3n) is 5.13. The molecule has 4 amide bonds. The Balaban J connectivity index is 1.32. The summed E-state index contributed by atoms with van der Waals surface area (Å²) in [6.07, 6.45) is 2.88. The number of nitrogens with zero attached hydrogens (tertiary/aromatic N) is 2.